The molecule has 0 aromatic heterocycles. The Labute approximate surface area is 162 Å². The summed E-state index contributed by atoms with van der Waals surface area (Å²) < 4.78 is 15.4. The first-order valence-electron chi connectivity index (χ1n) is 8.80. The third-order valence-electron chi connectivity index (χ3n) is 4.12. The third-order valence-corrected chi connectivity index (χ3v) is 4.12. The molecule has 1 aromatic carbocycles. The van der Waals surface area contributed by atoms with Gasteiger partial charge in [-0.15, -0.1) is 0 Å². The highest BCUT2D eigenvalue weighted by Crippen LogP contribution is 2.36. The molecule has 3 unspecified atom stereocenters. The van der Waals surface area contributed by atoms with Crippen LogP contribution < -0.4 is 0 Å². The van der Waals surface area contributed by atoms with Crippen molar-refractivity contribution in [1.82, 2.24) is 0 Å². The molecule has 28 heavy (non-hydrogen) atoms. The van der Waals surface area contributed by atoms with Crippen molar-refractivity contribution in [3.63, 3.8) is 0 Å². The van der Waals surface area contributed by atoms with Gasteiger partial charge in [0.25, 0.3) is 0 Å². The fraction of sp³-hybridized carbons (Fsp3) is 0.474. The van der Waals surface area contributed by atoms with Crippen molar-refractivity contribution in [2.75, 3.05) is 13.2 Å². The van der Waals surface area contributed by atoms with Gasteiger partial charge in [0, 0.05) is 13.3 Å². The Kier molecular flexibility index (Phi) is 6.82. The van der Waals surface area contributed by atoms with E-state index >= 15 is 0 Å². The number of nitriles is 1. The van der Waals surface area contributed by atoms with E-state index in [1.807, 2.05) is 6.07 Å². The molecule has 0 amide bonds. The largest absolute Gasteiger partial charge is 0.464 e. The maximum atomic E-state index is 12.8. The summed E-state index contributed by atoms with van der Waals surface area (Å²) in [7, 11) is 0. The lowest BCUT2D eigenvalue weighted by Gasteiger charge is -2.30. The molecular formula is C19H21N3O6. The third kappa shape index (κ3) is 4.34. The van der Waals surface area contributed by atoms with Gasteiger partial charge >= 0.3 is 17.9 Å². The summed E-state index contributed by atoms with van der Waals surface area (Å²) in [5, 5.41) is 16.9. The van der Waals surface area contributed by atoms with E-state index < -0.39 is 35.6 Å². The van der Waals surface area contributed by atoms with Gasteiger partial charge in [0.1, 0.15) is 0 Å². The number of nitrogens with zero attached hydrogens (tertiary/aromatic N) is 3. The molecule has 0 bridgehead atoms. The number of esters is 3. The topological polar surface area (TPSA) is 127 Å². The highest BCUT2D eigenvalue weighted by atomic mass is 16.6. The SMILES string of the molecule is CCOC(=O)C1N=NC(Cc2ccc(C#N)cc2)(C(=O)OCC)C1OC(C)=O. The number of rotatable bonds is 7. The molecule has 0 saturated carbocycles. The zero-order valence-corrected chi connectivity index (χ0v) is 15.9. The molecule has 0 radical (unpaired) electrons. The molecular weight excluding hydrogens is 366 g/mol. The number of ether oxygens (including phenoxy) is 3. The summed E-state index contributed by atoms with van der Waals surface area (Å²) in [6.07, 6.45) is -1.34. The molecule has 0 spiro atoms. The molecule has 1 aliphatic rings. The van der Waals surface area contributed by atoms with Crippen molar-refractivity contribution < 1.29 is 28.6 Å². The number of carbonyl (C=O) groups excluding carboxylic acids is 3. The van der Waals surface area contributed by atoms with Crippen LogP contribution in [0.25, 0.3) is 0 Å². The minimum atomic E-state index is -1.73. The van der Waals surface area contributed by atoms with Gasteiger partial charge < -0.3 is 14.2 Å². The van der Waals surface area contributed by atoms with E-state index in [0.717, 1.165) is 6.92 Å². The predicted molar refractivity (Wildman–Crippen MR) is 95.1 cm³/mol. The van der Waals surface area contributed by atoms with Gasteiger partial charge in [-0.2, -0.15) is 15.5 Å². The summed E-state index contributed by atoms with van der Waals surface area (Å²) in [5.41, 5.74) is -0.650. The number of carbonyl (C=O) groups is 3. The van der Waals surface area contributed by atoms with Crippen molar-refractivity contribution >= 4 is 17.9 Å². The van der Waals surface area contributed by atoms with Crippen LogP contribution in [0.4, 0.5) is 0 Å². The van der Waals surface area contributed by atoms with E-state index in [1.54, 1.807) is 38.1 Å². The Morgan fingerprint density at radius 2 is 1.79 bits per heavy atom. The zero-order valence-electron chi connectivity index (χ0n) is 15.9. The molecule has 148 valence electrons. The van der Waals surface area contributed by atoms with Crippen LogP contribution >= 0.6 is 0 Å². The fourth-order valence-electron chi connectivity index (χ4n) is 2.91. The summed E-state index contributed by atoms with van der Waals surface area (Å²) in [6.45, 7) is 4.58. The Morgan fingerprint density at radius 3 is 2.32 bits per heavy atom. The molecule has 1 aromatic rings. The predicted octanol–water partition coefficient (Wildman–Crippen LogP) is 1.73. The molecule has 3 atom stereocenters. The first-order chi connectivity index (χ1) is 13.4. The van der Waals surface area contributed by atoms with Crippen LogP contribution in [-0.2, 0) is 35.0 Å². The van der Waals surface area contributed by atoms with Crippen LogP contribution in [0, 0.1) is 11.3 Å². The monoisotopic (exact) mass is 387 g/mol. The average molecular weight is 387 g/mol. The Bertz CT molecular complexity index is 814. The smallest absolute Gasteiger partial charge is 0.340 e. The lowest BCUT2D eigenvalue weighted by molar-refractivity contribution is -0.165. The van der Waals surface area contributed by atoms with Crippen molar-refractivity contribution in [2.45, 2.75) is 44.9 Å². The minimum Gasteiger partial charge on any atom is -0.464 e. The van der Waals surface area contributed by atoms with Gasteiger partial charge in [0.2, 0.25) is 11.6 Å². The maximum absolute atomic E-state index is 12.8. The van der Waals surface area contributed by atoms with E-state index in [4.69, 9.17) is 19.5 Å². The maximum Gasteiger partial charge on any atom is 0.340 e. The van der Waals surface area contributed by atoms with Crippen molar-refractivity contribution in [3.8, 4) is 6.07 Å². The second-order valence-corrected chi connectivity index (χ2v) is 6.07. The Morgan fingerprint density at radius 1 is 1.14 bits per heavy atom. The van der Waals surface area contributed by atoms with Gasteiger partial charge in [-0.3, -0.25) is 4.79 Å². The summed E-state index contributed by atoms with van der Waals surface area (Å²) in [4.78, 5) is 36.8. The van der Waals surface area contributed by atoms with Gasteiger partial charge in [0.15, 0.2) is 6.10 Å². The van der Waals surface area contributed by atoms with Crippen LogP contribution in [0.2, 0.25) is 0 Å². The van der Waals surface area contributed by atoms with E-state index in [0.29, 0.717) is 11.1 Å². The lowest BCUT2D eigenvalue weighted by Crippen LogP contribution is -2.55. The summed E-state index contributed by atoms with van der Waals surface area (Å²) >= 11 is 0. The van der Waals surface area contributed by atoms with Gasteiger partial charge in [-0.1, -0.05) is 12.1 Å². The van der Waals surface area contributed by atoms with Crippen LogP contribution in [0.5, 0.6) is 0 Å². The first kappa shape index (κ1) is 21.0. The summed E-state index contributed by atoms with van der Waals surface area (Å²) in [5.74, 6) is -2.20. The first-order valence-corrected chi connectivity index (χ1v) is 8.80. The molecule has 0 saturated heterocycles. The highest BCUT2D eigenvalue weighted by molar-refractivity contribution is 5.87. The van der Waals surface area contributed by atoms with Gasteiger partial charge in [0.05, 0.1) is 24.8 Å². The zero-order chi connectivity index (χ0) is 20.7. The molecule has 9 nitrogen and oxygen atoms in total. The number of hydrogen-bond acceptors (Lipinski definition) is 9. The molecule has 1 aliphatic heterocycles. The van der Waals surface area contributed by atoms with Gasteiger partial charge in [-0.25, -0.2) is 9.59 Å². The van der Waals surface area contributed by atoms with Crippen LogP contribution in [-0.4, -0.2) is 48.8 Å². The van der Waals surface area contributed by atoms with E-state index in [2.05, 4.69) is 10.2 Å². The average Bonchev–Trinajstić information content (AvgIpc) is 3.01. The quantitative estimate of drug-likeness (QED) is 0.515. The van der Waals surface area contributed by atoms with Crippen LogP contribution in [0.1, 0.15) is 31.9 Å². The molecule has 0 aliphatic carbocycles. The van der Waals surface area contributed by atoms with Crippen molar-refractivity contribution in [3.05, 3.63) is 35.4 Å². The standard InChI is InChI=1S/C19H21N3O6/c1-4-26-17(24)15-16(28-12(3)23)19(22-21-15,18(25)27-5-2)10-13-6-8-14(11-20)9-7-13/h6-9,15-16H,4-5,10H2,1-3H3. The van der Waals surface area contributed by atoms with Crippen molar-refractivity contribution in [2.24, 2.45) is 10.2 Å². The minimum absolute atomic E-state index is 0.0328. The molecule has 0 N–H and O–H groups in total. The Balaban J connectivity index is 2.47. The highest BCUT2D eigenvalue weighted by Gasteiger charge is 2.59. The van der Waals surface area contributed by atoms with E-state index in [9.17, 15) is 14.4 Å². The Hall–Kier alpha value is -3.28. The van der Waals surface area contributed by atoms with Crippen LogP contribution in [0.15, 0.2) is 34.5 Å². The normalized spacial score (nSPS) is 22.9. The molecule has 1 heterocycles. The molecule has 9 heteroatoms. The van der Waals surface area contributed by atoms with Crippen LogP contribution in [0.3, 0.4) is 0 Å². The van der Waals surface area contributed by atoms with Crippen molar-refractivity contribution in [1.29, 1.82) is 5.26 Å². The van der Waals surface area contributed by atoms with Gasteiger partial charge in [-0.05, 0) is 31.5 Å². The number of benzene rings is 1. The second kappa shape index (κ2) is 9.08. The second-order valence-electron chi connectivity index (χ2n) is 6.07. The molecule has 2 rings (SSSR count). The van der Waals surface area contributed by atoms with E-state index in [-0.39, 0.29) is 19.6 Å². The number of hydrogen-bond donors (Lipinski definition) is 0. The van der Waals surface area contributed by atoms with E-state index in [1.165, 1.54) is 0 Å². The number of azo groups is 1. The fourth-order valence-corrected chi connectivity index (χ4v) is 2.91. The lowest BCUT2D eigenvalue weighted by atomic mass is 9.83. The summed E-state index contributed by atoms with van der Waals surface area (Å²) in [6, 6.07) is 7.21. The molecule has 0 fully saturated rings.